The smallest absolute Gasteiger partial charge is 0.431 e. The van der Waals surface area contributed by atoms with Crippen LogP contribution in [0.4, 0.5) is 13.2 Å². The fraction of sp³-hybridized carbons (Fsp3) is 0.444. The average Bonchev–Trinajstić information content (AvgIpc) is 2.56. The predicted octanol–water partition coefficient (Wildman–Crippen LogP) is 1.32. The van der Waals surface area contributed by atoms with Gasteiger partial charge in [-0.2, -0.15) is 13.2 Å². The molecule has 102 valence electrons. The minimum atomic E-state index is -4.70. The number of hydrogen-bond acceptors (Lipinski definition) is 3. The zero-order chi connectivity index (χ0) is 14.1. The summed E-state index contributed by atoms with van der Waals surface area (Å²) < 4.78 is 58.9. The van der Waals surface area contributed by atoms with E-state index in [1.165, 1.54) is 0 Å². The summed E-state index contributed by atoms with van der Waals surface area (Å²) in [6.45, 7) is 0. The summed E-state index contributed by atoms with van der Waals surface area (Å²) in [6.07, 6.45) is -4.06. The molecule has 2 N–H and O–H groups in total. The third kappa shape index (κ3) is 3.76. The maximum atomic E-state index is 12.4. The van der Waals surface area contributed by atoms with Gasteiger partial charge in [-0.25, -0.2) is 13.2 Å². The van der Waals surface area contributed by atoms with Crippen molar-refractivity contribution in [2.45, 2.75) is 12.6 Å². The molecule has 0 aromatic carbocycles. The first-order valence-corrected chi connectivity index (χ1v) is 6.77. The lowest BCUT2D eigenvalue weighted by molar-refractivity contribution is -0.140. The van der Waals surface area contributed by atoms with E-state index in [0.29, 0.717) is 6.07 Å². The van der Waals surface area contributed by atoms with Gasteiger partial charge in [-0.05, 0) is 18.1 Å². The normalized spacial score (nSPS) is 12.7. The van der Waals surface area contributed by atoms with E-state index in [1.54, 1.807) is 4.98 Å². The van der Waals surface area contributed by atoms with Crippen LogP contribution in [0.1, 0.15) is 21.7 Å². The van der Waals surface area contributed by atoms with E-state index in [0.717, 1.165) is 6.26 Å². The number of carboxylic acids is 1. The Morgan fingerprint density at radius 2 is 2.00 bits per heavy atom. The Morgan fingerprint density at radius 3 is 2.39 bits per heavy atom. The van der Waals surface area contributed by atoms with Gasteiger partial charge < -0.3 is 10.1 Å². The fourth-order valence-electron chi connectivity index (χ4n) is 1.33. The van der Waals surface area contributed by atoms with Crippen LogP contribution in [0.3, 0.4) is 0 Å². The lowest BCUT2D eigenvalue weighted by Crippen LogP contribution is -2.09. The van der Waals surface area contributed by atoms with Crippen LogP contribution in [0.2, 0.25) is 0 Å². The van der Waals surface area contributed by atoms with Gasteiger partial charge in [0.1, 0.15) is 21.2 Å². The van der Waals surface area contributed by atoms with Crippen molar-refractivity contribution in [2.75, 3.05) is 12.0 Å². The van der Waals surface area contributed by atoms with Crippen molar-refractivity contribution in [3.63, 3.8) is 0 Å². The van der Waals surface area contributed by atoms with E-state index in [-0.39, 0.29) is 12.0 Å². The molecule has 18 heavy (non-hydrogen) atoms. The molecular weight excluding hydrogens is 275 g/mol. The SMILES string of the molecule is CS(=O)(=O)CCc1cc(C(F)(F)F)[nH]c1C(=O)O. The molecule has 0 aliphatic rings. The van der Waals surface area contributed by atoms with Crippen LogP contribution in [-0.2, 0) is 22.4 Å². The Hall–Kier alpha value is -1.51. The van der Waals surface area contributed by atoms with E-state index in [4.69, 9.17) is 5.11 Å². The third-order valence-corrected chi connectivity index (χ3v) is 3.11. The zero-order valence-corrected chi connectivity index (χ0v) is 10.0. The molecule has 9 heteroatoms. The summed E-state index contributed by atoms with van der Waals surface area (Å²) in [5.74, 6) is -1.98. The number of alkyl halides is 3. The summed E-state index contributed by atoms with van der Waals surface area (Å²) in [7, 11) is -3.38. The maximum absolute atomic E-state index is 12.4. The highest BCUT2D eigenvalue weighted by Gasteiger charge is 2.34. The van der Waals surface area contributed by atoms with Crippen molar-refractivity contribution in [2.24, 2.45) is 0 Å². The summed E-state index contributed by atoms with van der Waals surface area (Å²) in [6, 6.07) is 0.620. The van der Waals surface area contributed by atoms with Gasteiger partial charge in [0.05, 0.1) is 5.75 Å². The monoisotopic (exact) mass is 285 g/mol. The number of carboxylic acid groups (broad SMARTS) is 1. The van der Waals surface area contributed by atoms with Crippen molar-refractivity contribution in [1.29, 1.82) is 0 Å². The van der Waals surface area contributed by atoms with Gasteiger partial charge in [0.2, 0.25) is 0 Å². The number of halogens is 3. The Kier molecular flexibility index (Phi) is 3.75. The van der Waals surface area contributed by atoms with E-state index >= 15 is 0 Å². The van der Waals surface area contributed by atoms with E-state index in [9.17, 15) is 26.4 Å². The quantitative estimate of drug-likeness (QED) is 0.873. The molecule has 0 atom stereocenters. The third-order valence-electron chi connectivity index (χ3n) is 2.16. The Morgan fingerprint density at radius 1 is 1.44 bits per heavy atom. The molecule has 0 saturated carbocycles. The topological polar surface area (TPSA) is 87.2 Å². The second kappa shape index (κ2) is 4.63. The van der Waals surface area contributed by atoms with E-state index < -0.39 is 39.1 Å². The molecule has 1 aromatic heterocycles. The minimum Gasteiger partial charge on any atom is -0.477 e. The molecule has 0 radical (unpaired) electrons. The summed E-state index contributed by atoms with van der Waals surface area (Å²) in [4.78, 5) is 12.5. The Bertz CT molecular complexity index is 559. The average molecular weight is 285 g/mol. The molecule has 0 fully saturated rings. The summed E-state index contributed by atoms with van der Waals surface area (Å²) in [5.41, 5.74) is -2.02. The molecule has 0 bridgehead atoms. The lowest BCUT2D eigenvalue weighted by atomic mass is 10.2. The van der Waals surface area contributed by atoms with Crippen molar-refractivity contribution in [3.05, 3.63) is 23.0 Å². The maximum Gasteiger partial charge on any atom is 0.431 e. The van der Waals surface area contributed by atoms with Crippen molar-refractivity contribution < 1.29 is 31.5 Å². The number of aromatic amines is 1. The number of aromatic nitrogens is 1. The number of aryl methyl sites for hydroxylation is 1. The minimum absolute atomic E-state index is 0.180. The molecule has 0 saturated heterocycles. The van der Waals surface area contributed by atoms with Gasteiger partial charge in [0.15, 0.2) is 0 Å². The van der Waals surface area contributed by atoms with Crippen molar-refractivity contribution >= 4 is 15.8 Å². The van der Waals surface area contributed by atoms with Crippen LogP contribution in [0.5, 0.6) is 0 Å². The second-order valence-electron chi connectivity index (χ2n) is 3.77. The molecule has 0 aliphatic heterocycles. The van der Waals surface area contributed by atoms with Crippen LogP contribution in [0.15, 0.2) is 6.07 Å². The van der Waals surface area contributed by atoms with Gasteiger partial charge in [-0.3, -0.25) is 0 Å². The number of nitrogens with one attached hydrogen (secondary N) is 1. The van der Waals surface area contributed by atoms with Crippen molar-refractivity contribution in [1.82, 2.24) is 4.98 Å². The predicted molar refractivity (Wildman–Crippen MR) is 56.2 cm³/mol. The Balaban J connectivity index is 3.10. The number of rotatable bonds is 4. The standard InChI is InChI=1S/C9H10F3NO4S/c1-18(16,17)3-2-5-4-6(9(10,11)12)13-7(5)8(14)15/h4,13H,2-3H2,1H3,(H,14,15). The highest BCUT2D eigenvalue weighted by atomic mass is 32.2. The molecule has 1 rings (SSSR count). The van der Waals surface area contributed by atoms with Crippen LogP contribution in [0, 0.1) is 0 Å². The number of H-pyrrole nitrogens is 1. The van der Waals surface area contributed by atoms with Crippen LogP contribution < -0.4 is 0 Å². The van der Waals surface area contributed by atoms with Crippen LogP contribution >= 0.6 is 0 Å². The van der Waals surface area contributed by atoms with Crippen LogP contribution in [0.25, 0.3) is 0 Å². The highest BCUT2D eigenvalue weighted by molar-refractivity contribution is 7.90. The molecule has 0 aliphatic carbocycles. The summed E-state index contributed by atoms with van der Waals surface area (Å²) in [5, 5.41) is 8.73. The molecule has 0 unspecified atom stereocenters. The van der Waals surface area contributed by atoms with Gasteiger partial charge in [0.25, 0.3) is 0 Å². The number of aromatic carboxylic acids is 1. The number of carbonyl (C=O) groups is 1. The van der Waals surface area contributed by atoms with Crippen molar-refractivity contribution in [3.8, 4) is 0 Å². The van der Waals surface area contributed by atoms with E-state index in [1.807, 2.05) is 0 Å². The Labute approximate surface area is 101 Å². The molecular formula is C9H10F3NO4S. The molecule has 1 aromatic rings. The number of hydrogen-bond donors (Lipinski definition) is 2. The molecule has 5 nitrogen and oxygen atoms in total. The largest absolute Gasteiger partial charge is 0.477 e. The first-order valence-electron chi connectivity index (χ1n) is 4.71. The number of sulfone groups is 1. The first-order chi connectivity index (χ1) is 8.00. The lowest BCUT2D eigenvalue weighted by Gasteiger charge is -2.01. The first kappa shape index (κ1) is 14.6. The van der Waals surface area contributed by atoms with Gasteiger partial charge in [-0.15, -0.1) is 0 Å². The molecule has 0 amide bonds. The van der Waals surface area contributed by atoms with E-state index in [2.05, 4.69) is 0 Å². The van der Waals surface area contributed by atoms with Gasteiger partial charge in [0, 0.05) is 6.26 Å². The van der Waals surface area contributed by atoms with Gasteiger partial charge >= 0.3 is 12.1 Å². The van der Waals surface area contributed by atoms with Crippen LogP contribution in [-0.4, -0.2) is 36.5 Å². The summed E-state index contributed by atoms with van der Waals surface area (Å²) >= 11 is 0. The van der Waals surface area contributed by atoms with Gasteiger partial charge in [-0.1, -0.05) is 0 Å². The molecule has 1 heterocycles. The highest BCUT2D eigenvalue weighted by Crippen LogP contribution is 2.30. The second-order valence-corrected chi connectivity index (χ2v) is 6.03. The zero-order valence-electron chi connectivity index (χ0n) is 9.21. The fourth-order valence-corrected chi connectivity index (χ4v) is 1.92. The molecule has 0 spiro atoms.